The third kappa shape index (κ3) is 4.89. The molecule has 1 aliphatic rings. The molecule has 0 amide bonds. The number of methoxy groups -OCH3 is 1. The third-order valence-electron chi connectivity index (χ3n) is 6.17. The van der Waals surface area contributed by atoms with E-state index in [1.165, 1.54) is 12.1 Å². The minimum atomic E-state index is -1.57. The zero-order valence-corrected chi connectivity index (χ0v) is 21.3. The van der Waals surface area contributed by atoms with E-state index in [-0.39, 0.29) is 5.56 Å². The highest BCUT2D eigenvalue weighted by atomic mass is 32.1. The van der Waals surface area contributed by atoms with Crippen molar-refractivity contribution in [1.82, 2.24) is 14.5 Å². The van der Waals surface area contributed by atoms with Gasteiger partial charge in [-0.15, -0.1) is 11.3 Å². The highest BCUT2D eigenvalue weighted by molar-refractivity contribution is 7.10. The second-order valence-corrected chi connectivity index (χ2v) is 9.72. The molecule has 0 N–H and O–H groups in total. The first-order chi connectivity index (χ1) is 18.2. The molecule has 38 heavy (non-hydrogen) atoms. The summed E-state index contributed by atoms with van der Waals surface area (Å²) in [6.45, 7) is 1.89. The zero-order valence-electron chi connectivity index (χ0n) is 20.5. The summed E-state index contributed by atoms with van der Waals surface area (Å²) in [6.07, 6.45) is 6.15. The number of halogens is 4. The lowest BCUT2D eigenvalue weighted by Gasteiger charge is -2.37. The van der Waals surface area contributed by atoms with Crippen LogP contribution in [0.2, 0.25) is 0 Å². The monoisotopic (exact) mass is 542 g/mol. The number of aryl methyl sites for hydroxylation is 1. The molecule has 0 radical (unpaired) electrons. The maximum Gasteiger partial charge on any atom is 0.194 e. The number of thiophene rings is 1. The Morgan fingerprint density at radius 2 is 1.79 bits per heavy atom. The van der Waals surface area contributed by atoms with Crippen molar-refractivity contribution in [1.29, 1.82) is 0 Å². The average molecular weight is 543 g/mol. The molecule has 0 saturated carbocycles. The number of hydrogen-bond donors (Lipinski definition) is 0. The molecule has 0 spiro atoms. The van der Waals surface area contributed by atoms with Crippen LogP contribution in [0.5, 0.6) is 5.75 Å². The molecular weight excluding hydrogens is 520 g/mol. The molecule has 6 nitrogen and oxygen atoms in total. The fraction of sp³-hybridized carbons (Fsp3) is 0.185. The second kappa shape index (κ2) is 10.3. The molecule has 196 valence electrons. The van der Waals surface area contributed by atoms with Gasteiger partial charge in [-0.25, -0.2) is 18.2 Å². The van der Waals surface area contributed by atoms with E-state index in [0.29, 0.717) is 16.5 Å². The number of amidine groups is 1. The summed E-state index contributed by atoms with van der Waals surface area (Å²) in [4.78, 5) is 12.1. The minimum absolute atomic E-state index is 0.116. The van der Waals surface area contributed by atoms with Crippen LogP contribution in [0.1, 0.15) is 33.8 Å². The summed E-state index contributed by atoms with van der Waals surface area (Å²) < 4.78 is 63.2. The fourth-order valence-corrected chi connectivity index (χ4v) is 5.08. The van der Waals surface area contributed by atoms with Crippen molar-refractivity contribution in [2.24, 2.45) is 5.16 Å². The predicted octanol–water partition coefficient (Wildman–Crippen LogP) is 6.58. The number of aromatic nitrogens is 2. The number of imidazole rings is 1. The summed E-state index contributed by atoms with van der Waals surface area (Å²) >= 11 is 0.835. The molecule has 2 aromatic carbocycles. The van der Waals surface area contributed by atoms with Crippen LogP contribution in [-0.4, -0.2) is 34.4 Å². The van der Waals surface area contributed by atoms with Gasteiger partial charge in [-0.05, 0) is 60.5 Å². The number of likely N-dealkylation sites (N-methyl/N-ethyl adjacent to an activating group) is 1. The molecule has 0 saturated heterocycles. The maximum absolute atomic E-state index is 14.2. The van der Waals surface area contributed by atoms with Crippen molar-refractivity contribution in [3.05, 3.63) is 105 Å². The van der Waals surface area contributed by atoms with Gasteiger partial charge in [0, 0.05) is 13.2 Å². The van der Waals surface area contributed by atoms with Crippen molar-refractivity contribution in [2.45, 2.75) is 19.1 Å². The Labute approximate surface area is 220 Å². The molecular formula is C27H22F4N4O2S. The Hall–Kier alpha value is -4.12. The van der Waals surface area contributed by atoms with Gasteiger partial charge in [-0.3, -0.25) is 0 Å². The first kappa shape index (κ1) is 25.5. The Kier molecular flexibility index (Phi) is 6.94. The number of nitrogens with zero attached hydrogens (tertiary/aromatic N) is 4. The quantitative estimate of drug-likeness (QED) is 0.204. The Balaban J connectivity index is 1.48. The van der Waals surface area contributed by atoms with E-state index in [0.717, 1.165) is 40.4 Å². The Bertz CT molecular complexity index is 1520. The van der Waals surface area contributed by atoms with Crippen LogP contribution in [0.4, 0.5) is 17.6 Å². The lowest BCUT2D eigenvalue weighted by atomic mass is 9.97. The molecule has 11 heteroatoms. The van der Waals surface area contributed by atoms with Gasteiger partial charge in [0.05, 0.1) is 29.7 Å². The highest BCUT2D eigenvalue weighted by Gasteiger charge is 2.37. The standard InChI is InChI=1S/C27H22F4N4O2S/c1-15-13-35(14-32-15)20-6-4-16(10-21(20)36-3)5-9-24-33-37-27(22-7-8-23(30)38-22)26(34(24)2)17-11-18(28)25(31)19(29)12-17/h4-14,26-27H,1-3H3/b9-5+/t26-,27?/m0/s1. The van der Waals surface area contributed by atoms with E-state index in [1.54, 1.807) is 37.5 Å². The third-order valence-corrected chi connectivity index (χ3v) is 7.10. The van der Waals surface area contributed by atoms with Crippen molar-refractivity contribution < 1.29 is 27.1 Å². The zero-order chi connectivity index (χ0) is 27.0. The van der Waals surface area contributed by atoms with Gasteiger partial charge in [0.1, 0.15) is 11.8 Å². The highest BCUT2D eigenvalue weighted by Crippen LogP contribution is 2.42. The molecule has 1 aliphatic heterocycles. The van der Waals surface area contributed by atoms with Crippen molar-refractivity contribution >= 4 is 23.2 Å². The van der Waals surface area contributed by atoms with Crippen LogP contribution in [0.3, 0.4) is 0 Å². The SMILES string of the molecule is COc1cc(/C=C/C2=NOC(c3ccc(F)s3)[C@H](c3cc(F)c(F)c(F)c3)N2C)ccc1-n1cnc(C)c1. The molecule has 1 unspecified atom stereocenters. The largest absolute Gasteiger partial charge is 0.495 e. The number of rotatable bonds is 6. The van der Waals surface area contributed by atoms with Crippen LogP contribution in [-0.2, 0) is 4.84 Å². The number of hydrogen-bond acceptors (Lipinski definition) is 6. The van der Waals surface area contributed by atoms with Crippen LogP contribution in [0, 0.1) is 29.5 Å². The predicted molar refractivity (Wildman–Crippen MR) is 136 cm³/mol. The van der Waals surface area contributed by atoms with Crippen LogP contribution in [0.15, 0.2) is 66.2 Å². The summed E-state index contributed by atoms with van der Waals surface area (Å²) in [5.41, 5.74) is 2.59. The number of oxime groups is 1. The van der Waals surface area contributed by atoms with E-state index < -0.39 is 34.7 Å². The van der Waals surface area contributed by atoms with Crippen LogP contribution >= 0.6 is 11.3 Å². The first-order valence-corrected chi connectivity index (χ1v) is 12.3. The van der Waals surface area contributed by atoms with Crippen molar-refractivity contribution in [3.63, 3.8) is 0 Å². The number of ether oxygens (including phenoxy) is 1. The molecule has 0 fully saturated rings. The molecule has 0 aliphatic carbocycles. The lowest BCUT2D eigenvalue weighted by molar-refractivity contribution is -0.0120. The molecule has 0 bridgehead atoms. The van der Waals surface area contributed by atoms with Gasteiger partial charge in [-0.1, -0.05) is 17.3 Å². The van der Waals surface area contributed by atoms with Crippen LogP contribution in [0.25, 0.3) is 11.8 Å². The van der Waals surface area contributed by atoms with Gasteiger partial charge in [0.15, 0.2) is 34.5 Å². The topological polar surface area (TPSA) is 51.9 Å². The first-order valence-electron chi connectivity index (χ1n) is 11.5. The molecule has 5 rings (SSSR count). The van der Waals surface area contributed by atoms with Gasteiger partial charge < -0.3 is 19.0 Å². The van der Waals surface area contributed by atoms with Gasteiger partial charge in [0.2, 0.25) is 0 Å². The average Bonchev–Trinajstić information content (AvgIpc) is 3.53. The van der Waals surface area contributed by atoms with E-state index in [9.17, 15) is 17.6 Å². The van der Waals surface area contributed by atoms with Gasteiger partial charge in [-0.2, -0.15) is 4.39 Å². The van der Waals surface area contributed by atoms with Crippen LogP contribution < -0.4 is 4.74 Å². The molecule has 4 aromatic rings. The van der Waals surface area contributed by atoms with Crippen molar-refractivity contribution in [2.75, 3.05) is 14.2 Å². The maximum atomic E-state index is 14.2. The van der Waals surface area contributed by atoms with Gasteiger partial charge >= 0.3 is 0 Å². The molecule has 2 aromatic heterocycles. The smallest absolute Gasteiger partial charge is 0.194 e. The van der Waals surface area contributed by atoms with Gasteiger partial charge in [0.25, 0.3) is 0 Å². The Morgan fingerprint density at radius 3 is 2.42 bits per heavy atom. The number of benzene rings is 2. The minimum Gasteiger partial charge on any atom is -0.495 e. The van der Waals surface area contributed by atoms with E-state index in [4.69, 9.17) is 9.57 Å². The van der Waals surface area contributed by atoms with E-state index in [2.05, 4.69) is 10.1 Å². The molecule has 3 heterocycles. The molecule has 2 atom stereocenters. The summed E-state index contributed by atoms with van der Waals surface area (Å²) in [6, 6.07) is 9.40. The lowest BCUT2D eigenvalue weighted by Crippen LogP contribution is -2.38. The fourth-order valence-electron chi connectivity index (χ4n) is 4.29. The van der Waals surface area contributed by atoms with E-state index >= 15 is 0 Å². The second-order valence-electron chi connectivity index (χ2n) is 8.66. The Morgan fingerprint density at radius 1 is 1.03 bits per heavy atom. The summed E-state index contributed by atoms with van der Waals surface area (Å²) in [7, 11) is 3.24. The summed E-state index contributed by atoms with van der Waals surface area (Å²) in [5.74, 6) is -3.27. The normalized spacial score (nSPS) is 17.6. The van der Waals surface area contributed by atoms with E-state index in [1.807, 2.05) is 35.9 Å². The summed E-state index contributed by atoms with van der Waals surface area (Å²) in [5, 5.41) is 3.73. The van der Waals surface area contributed by atoms with Crippen molar-refractivity contribution in [3.8, 4) is 11.4 Å².